The van der Waals surface area contributed by atoms with Gasteiger partial charge < -0.3 is 10.2 Å². The zero-order valence-corrected chi connectivity index (χ0v) is 10.6. The van der Waals surface area contributed by atoms with Crippen molar-refractivity contribution in [2.45, 2.75) is 22.2 Å². The van der Waals surface area contributed by atoms with E-state index in [9.17, 15) is 0 Å². The van der Waals surface area contributed by atoms with Gasteiger partial charge in [0.25, 0.3) is 0 Å². The van der Waals surface area contributed by atoms with Crippen LogP contribution in [0.25, 0.3) is 0 Å². The molecule has 0 atom stereocenters. The Morgan fingerprint density at radius 2 is 1.64 bits per heavy atom. The SMILES string of the molecule is C[CH2][Sn+2][CH2]CCN.C[O-].C[O-]. The number of rotatable bonds is 4. The third-order valence-electron chi connectivity index (χ3n) is 0.808. The summed E-state index contributed by atoms with van der Waals surface area (Å²) in [7, 11) is 1.50. The molecule has 0 radical (unpaired) electrons. The Bertz CT molecular complexity index is 35.6. The van der Waals surface area contributed by atoms with Crippen molar-refractivity contribution in [2.75, 3.05) is 20.8 Å². The van der Waals surface area contributed by atoms with Crippen LogP contribution in [0.1, 0.15) is 13.3 Å². The Morgan fingerprint density at radius 3 is 1.91 bits per heavy atom. The molecule has 0 saturated heterocycles. The molecule has 0 amide bonds. The van der Waals surface area contributed by atoms with Crippen molar-refractivity contribution in [2.24, 2.45) is 5.73 Å². The minimum atomic E-state index is 0.104. The second-order valence-electron chi connectivity index (χ2n) is 1.50. The van der Waals surface area contributed by atoms with Gasteiger partial charge in [-0.3, -0.25) is 0 Å². The second-order valence-corrected chi connectivity index (χ2v) is 6.37. The minimum absolute atomic E-state index is 0.104. The molecule has 0 aliphatic heterocycles. The van der Waals surface area contributed by atoms with Crippen LogP contribution in [0.3, 0.4) is 0 Å². The van der Waals surface area contributed by atoms with Gasteiger partial charge in [-0.05, 0) is 0 Å². The molecule has 0 unspecified atom stereocenters. The Balaban J connectivity index is -0.000000138. The normalized spacial score (nSPS) is 6.36. The van der Waals surface area contributed by atoms with Gasteiger partial charge in [-0.15, -0.1) is 0 Å². The van der Waals surface area contributed by atoms with Gasteiger partial charge in [0.2, 0.25) is 0 Å². The molecule has 0 spiro atoms. The van der Waals surface area contributed by atoms with Crippen LogP contribution in [-0.2, 0) is 0 Å². The van der Waals surface area contributed by atoms with Crippen LogP contribution in [-0.4, -0.2) is 41.9 Å². The van der Waals surface area contributed by atoms with Crippen molar-refractivity contribution in [1.29, 1.82) is 0 Å². The van der Waals surface area contributed by atoms with Crippen molar-refractivity contribution in [3.8, 4) is 0 Å². The zero-order chi connectivity index (χ0) is 9.54. The molecule has 0 aromatic heterocycles. The fourth-order valence-electron chi connectivity index (χ4n) is 0.404. The maximum Gasteiger partial charge on any atom is -0.153 e. The van der Waals surface area contributed by atoms with E-state index in [1.54, 1.807) is 0 Å². The molecule has 0 saturated carbocycles. The molecular formula is C7H19NO2Sn. The van der Waals surface area contributed by atoms with Gasteiger partial charge in [-0.1, -0.05) is 0 Å². The van der Waals surface area contributed by atoms with Gasteiger partial charge in [0, 0.05) is 0 Å². The van der Waals surface area contributed by atoms with E-state index >= 15 is 0 Å². The van der Waals surface area contributed by atoms with Crippen LogP contribution in [0.2, 0.25) is 8.87 Å². The van der Waals surface area contributed by atoms with E-state index in [1.807, 2.05) is 0 Å². The van der Waals surface area contributed by atoms with Gasteiger partial charge in [-0.2, -0.15) is 14.2 Å². The minimum Gasteiger partial charge on any atom is -0.857 e. The summed E-state index contributed by atoms with van der Waals surface area (Å²) in [5.74, 6) is 0. The summed E-state index contributed by atoms with van der Waals surface area (Å²) in [4.78, 5) is 0. The van der Waals surface area contributed by atoms with Gasteiger partial charge in [0.05, 0.1) is 0 Å². The fraction of sp³-hybridized carbons (Fsp3) is 1.00. The van der Waals surface area contributed by atoms with Crippen molar-refractivity contribution >= 4 is 21.1 Å². The van der Waals surface area contributed by atoms with Crippen LogP contribution < -0.4 is 15.9 Å². The van der Waals surface area contributed by atoms with Gasteiger partial charge in [-0.25, -0.2) is 0 Å². The fourth-order valence-corrected chi connectivity index (χ4v) is 2.71. The topological polar surface area (TPSA) is 72.1 Å². The molecule has 3 nitrogen and oxygen atoms in total. The average Bonchev–Trinajstić information content (AvgIpc) is 2.13. The Labute approximate surface area is 80.2 Å². The molecule has 0 aliphatic carbocycles. The average molecular weight is 268 g/mol. The van der Waals surface area contributed by atoms with Crippen LogP contribution in [0, 0.1) is 0 Å². The summed E-state index contributed by atoms with van der Waals surface area (Å²) >= 11 is 0.104. The first kappa shape index (κ1) is 17.7. The van der Waals surface area contributed by atoms with E-state index in [0.717, 1.165) is 20.8 Å². The Hall–Kier alpha value is 0.679. The second kappa shape index (κ2) is 31.0. The van der Waals surface area contributed by atoms with Crippen molar-refractivity contribution in [3.05, 3.63) is 0 Å². The first-order chi connectivity index (χ1) is 5.41. The summed E-state index contributed by atoms with van der Waals surface area (Å²) in [6.45, 7) is 3.18. The molecule has 0 aromatic rings. The molecule has 4 heteroatoms. The van der Waals surface area contributed by atoms with E-state index in [0.29, 0.717) is 0 Å². The van der Waals surface area contributed by atoms with Gasteiger partial charge in [0.15, 0.2) is 0 Å². The molecular weight excluding hydrogens is 249 g/mol. The summed E-state index contributed by atoms with van der Waals surface area (Å²) in [6, 6.07) is 0. The first-order valence-corrected chi connectivity index (χ1v) is 7.68. The quantitative estimate of drug-likeness (QED) is 0.517. The summed E-state index contributed by atoms with van der Waals surface area (Å²) in [5.41, 5.74) is 5.30. The molecule has 11 heavy (non-hydrogen) atoms. The molecule has 0 heterocycles. The van der Waals surface area contributed by atoms with Crippen LogP contribution in [0.15, 0.2) is 0 Å². The number of hydrogen-bond donors (Lipinski definition) is 1. The van der Waals surface area contributed by atoms with E-state index in [4.69, 9.17) is 15.9 Å². The number of hydrogen-bond acceptors (Lipinski definition) is 3. The molecule has 0 aliphatic rings. The predicted octanol–water partition coefficient (Wildman–Crippen LogP) is -1.15. The maximum atomic E-state index is 8.25. The molecule has 0 fully saturated rings. The summed E-state index contributed by atoms with van der Waals surface area (Å²) in [6.07, 6.45) is 1.28. The van der Waals surface area contributed by atoms with Gasteiger partial charge >= 0.3 is 55.6 Å². The monoisotopic (exact) mass is 269 g/mol. The van der Waals surface area contributed by atoms with Crippen molar-refractivity contribution < 1.29 is 10.2 Å². The van der Waals surface area contributed by atoms with Crippen LogP contribution in [0.4, 0.5) is 0 Å². The standard InChI is InChI=1S/C3H8N.C2H5.2CH3O.Sn/c1-2-3-4;3*1-2;/h1-4H2;1H2,2H3;2*1H3;/q;;2*-1;+2. The number of nitrogens with two attached hydrogens (primary N) is 1. The first-order valence-electron chi connectivity index (χ1n) is 3.64. The Kier molecular flexibility index (Phi) is 49.9. The van der Waals surface area contributed by atoms with Crippen LogP contribution in [0.5, 0.6) is 0 Å². The third-order valence-corrected chi connectivity index (χ3v) is 4.25. The van der Waals surface area contributed by atoms with Gasteiger partial charge in [0.1, 0.15) is 0 Å². The largest absolute Gasteiger partial charge is 0.857 e. The third kappa shape index (κ3) is 36.7. The predicted molar refractivity (Wildman–Crippen MR) is 46.6 cm³/mol. The molecule has 0 bridgehead atoms. The molecule has 2 N–H and O–H groups in total. The summed E-state index contributed by atoms with van der Waals surface area (Å²) in [5, 5.41) is 16.5. The zero-order valence-electron chi connectivity index (χ0n) is 7.72. The molecule has 0 rings (SSSR count). The van der Waals surface area contributed by atoms with E-state index in [-0.39, 0.29) is 21.1 Å². The van der Waals surface area contributed by atoms with Crippen molar-refractivity contribution in [3.63, 3.8) is 0 Å². The molecule has 68 valence electrons. The summed E-state index contributed by atoms with van der Waals surface area (Å²) < 4.78 is 2.96. The van der Waals surface area contributed by atoms with E-state index < -0.39 is 0 Å². The molecule has 0 aromatic carbocycles. The van der Waals surface area contributed by atoms with E-state index in [1.165, 1.54) is 15.3 Å². The maximum absolute atomic E-state index is 8.25. The smallest absolute Gasteiger partial charge is 0.153 e. The van der Waals surface area contributed by atoms with Crippen LogP contribution >= 0.6 is 0 Å². The Morgan fingerprint density at radius 1 is 1.18 bits per heavy atom. The van der Waals surface area contributed by atoms with Crippen molar-refractivity contribution in [1.82, 2.24) is 0 Å². The van der Waals surface area contributed by atoms with E-state index in [2.05, 4.69) is 6.92 Å².